The topological polar surface area (TPSA) is 78.3 Å². The van der Waals surface area contributed by atoms with E-state index in [0.29, 0.717) is 19.4 Å². The molecule has 27 heavy (non-hydrogen) atoms. The van der Waals surface area contributed by atoms with Crippen LogP contribution in [-0.4, -0.2) is 34.9 Å². The van der Waals surface area contributed by atoms with Gasteiger partial charge in [-0.15, -0.1) is 0 Å². The number of para-hydroxylation sites is 1. The molecule has 1 aromatic heterocycles. The summed E-state index contributed by atoms with van der Waals surface area (Å²) in [4.78, 5) is 16.4. The van der Waals surface area contributed by atoms with Gasteiger partial charge in [-0.3, -0.25) is 4.79 Å². The van der Waals surface area contributed by atoms with Gasteiger partial charge in [0.25, 0.3) is 0 Å². The van der Waals surface area contributed by atoms with Crippen LogP contribution in [0.1, 0.15) is 17.5 Å². The molecule has 0 unspecified atom stereocenters. The highest BCUT2D eigenvalue weighted by atomic mass is 16.5. The first-order valence-corrected chi connectivity index (χ1v) is 8.60. The maximum Gasteiger partial charge on any atom is 0.224 e. The zero-order valence-corrected chi connectivity index (χ0v) is 15.4. The molecule has 1 N–H and O–H groups in total. The molecule has 0 aliphatic carbocycles. The molecule has 0 atom stereocenters. The van der Waals surface area contributed by atoms with E-state index < -0.39 is 0 Å². The SMILES string of the molecule is COc1ccc(OC)c(CCC(=O)Nc2ccccc2Cn2cncn2)c1. The van der Waals surface area contributed by atoms with Gasteiger partial charge in [0.1, 0.15) is 24.2 Å². The molecule has 0 aliphatic heterocycles. The maximum atomic E-state index is 12.5. The van der Waals surface area contributed by atoms with Crippen molar-refractivity contribution in [2.75, 3.05) is 19.5 Å². The fourth-order valence-corrected chi connectivity index (χ4v) is 2.81. The van der Waals surface area contributed by atoms with Crippen LogP contribution in [-0.2, 0) is 17.8 Å². The van der Waals surface area contributed by atoms with Crippen molar-refractivity contribution < 1.29 is 14.3 Å². The Labute approximate surface area is 158 Å². The van der Waals surface area contributed by atoms with E-state index in [0.717, 1.165) is 28.3 Å². The number of nitrogens with one attached hydrogen (secondary N) is 1. The quantitative estimate of drug-likeness (QED) is 0.663. The van der Waals surface area contributed by atoms with Gasteiger partial charge >= 0.3 is 0 Å². The van der Waals surface area contributed by atoms with Crippen molar-refractivity contribution in [2.45, 2.75) is 19.4 Å². The van der Waals surface area contributed by atoms with Crippen molar-refractivity contribution >= 4 is 11.6 Å². The monoisotopic (exact) mass is 366 g/mol. The molecule has 0 aliphatic rings. The largest absolute Gasteiger partial charge is 0.497 e. The van der Waals surface area contributed by atoms with Gasteiger partial charge < -0.3 is 14.8 Å². The Kier molecular flexibility index (Phi) is 6.04. The van der Waals surface area contributed by atoms with E-state index >= 15 is 0 Å². The summed E-state index contributed by atoms with van der Waals surface area (Å²) in [6, 6.07) is 13.3. The number of methoxy groups -OCH3 is 2. The second-order valence-corrected chi connectivity index (χ2v) is 5.98. The van der Waals surface area contributed by atoms with Crippen LogP contribution < -0.4 is 14.8 Å². The Morgan fingerprint density at radius 3 is 2.70 bits per heavy atom. The lowest BCUT2D eigenvalue weighted by molar-refractivity contribution is -0.116. The average molecular weight is 366 g/mol. The number of nitrogens with zero attached hydrogens (tertiary/aromatic N) is 3. The number of aryl methyl sites for hydroxylation is 1. The predicted octanol–water partition coefficient (Wildman–Crippen LogP) is 2.91. The van der Waals surface area contributed by atoms with Crippen LogP contribution >= 0.6 is 0 Å². The predicted molar refractivity (Wildman–Crippen MR) is 102 cm³/mol. The molecule has 0 saturated carbocycles. The van der Waals surface area contributed by atoms with Gasteiger partial charge in [0.15, 0.2) is 0 Å². The molecule has 0 bridgehead atoms. The number of amides is 1. The Balaban J connectivity index is 1.65. The number of hydrogen-bond acceptors (Lipinski definition) is 5. The smallest absolute Gasteiger partial charge is 0.224 e. The van der Waals surface area contributed by atoms with E-state index in [4.69, 9.17) is 9.47 Å². The summed E-state index contributed by atoms with van der Waals surface area (Å²) in [5.41, 5.74) is 2.67. The van der Waals surface area contributed by atoms with Crippen LogP contribution in [0, 0.1) is 0 Å². The lowest BCUT2D eigenvalue weighted by Gasteiger charge is -2.12. The fraction of sp³-hybridized carbons (Fsp3) is 0.250. The van der Waals surface area contributed by atoms with Crippen molar-refractivity contribution in [1.82, 2.24) is 14.8 Å². The van der Waals surface area contributed by atoms with Crippen LogP contribution in [0.4, 0.5) is 5.69 Å². The van der Waals surface area contributed by atoms with Crippen LogP contribution in [0.2, 0.25) is 0 Å². The first-order valence-electron chi connectivity index (χ1n) is 8.60. The summed E-state index contributed by atoms with van der Waals surface area (Å²) in [7, 11) is 3.23. The molecule has 2 aromatic carbocycles. The number of carbonyl (C=O) groups excluding carboxylic acids is 1. The lowest BCUT2D eigenvalue weighted by atomic mass is 10.1. The van der Waals surface area contributed by atoms with Gasteiger partial charge in [-0.2, -0.15) is 5.10 Å². The van der Waals surface area contributed by atoms with Gasteiger partial charge in [-0.05, 0) is 41.8 Å². The number of benzene rings is 2. The van der Waals surface area contributed by atoms with Crippen molar-refractivity contribution in [2.24, 2.45) is 0 Å². The molecule has 0 saturated heterocycles. The molecule has 7 nitrogen and oxygen atoms in total. The molecule has 7 heteroatoms. The van der Waals surface area contributed by atoms with Crippen molar-refractivity contribution in [1.29, 1.82) is 0 Å². The van der Waals surface area contributed by atoms with Gasteiger partial charge in [-0.1, -0.05) is 18.2 Å². The molecule has 3 aromatic rings. The number of carbonyl (C=O) groups is 1. The normalized spacial score (nSPS) is 10.4. The second-order valence-electron chi connectivity index (χ2n) is 5.98. The highest BCUT2D eigenvalue weighted by Crippen LogP contribution is 2.25. The molecule has 0 fully saturated rings. The van der Waals surface area contributed by atoms with E-state index in [2.05, 4.69) is 15.4 Å². The number of anilines is 1. The van der Waals surface area contributed by atoms with Gasteiger partial charge in [0, 0.05) is 12.1 Å². The third-order valence-electron chi connectivity index (χ3n) is 4.20. The fourth-order valence-electron chi connectivity index (χ4n) is 2.81. The maximum absolute atomic E-state index is 12.5. The van der Waals surface area contributed by atoms with Crippen LogP contribution in [0.3, 0.4) is 0 Å². The van der Waals surface area contributed by atoms with Crippen LogP contribution in [0.5, 0.6) is 11.5 Å². The zero-order chi connectivity index (χ0) is 19.1. The van der Waals surface area contributed by atoms with Gasteiger partial charge in [0.05, 0.1) is 20.8 Å². The van der Waals surface area contributed by atoms with Crippen molar-refractivity contribution in [3.05, 3.63) is 66.2 Å². The molecule has 140 valence electrons. The Morgan fingerprint density at radius 2 is 1.96 bits per heavy atom. The average Bonchev–Trinajstić information content (AvgIpc) is 3.20. The Bertz CT molecular complexity index is 894. The van der Waals surface area contributed by atoms with Gasteiger partial charge in [-0.25, -0.2) is 9.67 Å². The highest BCUT2D eigenvalue weighted by Gasteiger charge is 2.11. The number of ether oxygens (including phenoxy) is 2. The summed E-state index contributed by atoms with van der Waals surface area (Å²) in [6.45, 7) is 0.542. The molecule has 1 heterocycles. The molecular weight excluding hydrogens is 344 g/mol. The van der Waals surface area contributed by atoms with E-state index in [1.807, 2.05) is 42.5 Å². The van der Waals surface area contributed by atoms with Crippen molar-refractivity contribution in [3.63, 3.8) is 0 Å². The van der Waals surface area contributed by atoms with E-state index in [1.54, 1.807) is 25.2 Å². The Morgan fingerprint density at radius 1 is 1.11 bits per heavy atom. The molecular formula is C20H22N4O3. The van der Waals surface area contributed by atoms with E-state index in [9.17, 15) is 4.79 Å². The highest BCUT2D eigenvalue weighted by molar-refractivity contribution is 5.91. The lowest BCUT2D eigenvalue weighted by Crippen LogP contribution is -2.15. The summed E-state index contributed by atoms with van der Waals surface area (Å²) >= 11 is 0. The summed E-state index contributed by atoms with van der Waals surface area (Å²) < 4.78 is 12.3. The third-order valence-corrected chi connectivity index (χ3v) is 4.20. The second kappa shape index (κ2) is 8.84. The van der Waals surface area contributed by atoms with Crippen LogP contribution in [0.25, 0.3) is 0 Å². The first-order chi connectivity index (χ1) is 13.2. The summed E-state index contributed by atoms with van der Waals surface area (Å²) in [6.07, 6.45) is 4.02. The minimum atomic E-state index is -0.0640. The number of hydrogen-bond donors (Lipinski definition) is 1. The molecule has 1 amide bonds. The molecule has 0 spiro atoms. The summed E-state index contributed by atoms with van der Waals surface area (Å²) in [5.74, 6) is 1.42. The van der Waals surface area contributed by atoms with E-state index in [1.165, 1.54) is 6.33 Å². The first kappa shape index (κ1) is 18.4. The standard InChI is InChI=1S/C20H22N4O3/c1-26-17-8-9-19(27-2)15(11-17)7-10-20(25)23-18-6-4-3-5-16(18)12-24-14-21-13-22-24/h3-6,8-9,11,13-14H,7,10,12H2,1-2H3,(H,23,25). The Hall–Kier alpha value is -3.35. The van der Waals surface area contributed by atoms with E-state index in [-0.39, 0.29) is 5.91 Å². The minimum Gasteiger partial charge on any atom is -0.497 e. The molecule has 0 radical (unpaired) electrons. The number of aromatic nitrogens is 3. The van der Waals surface area contributed by atoms with Crippen molar-refractivity contribution in [3.8, 4) is 11.5 Å². The van der Waals surface area contributed by atoms with Gasteiger partial charge in [0.2, 0.25) is 5.91 Å². The minimum absolute atomic E-state index is 0.0640. The number of rotatable bonds is 8. The third kappa shape index (κ3) is 4.84. The molecule has 3 rings (SSSR count). The zero-order valence-electron chi connectivity index (χ0n) is 15.4. The summed E-state index contributed by atoms with van der Waals surface area (Å²) in [5, 5.41) is 7.10. The van der Waals surface area contributed by atoms with Crippen LogP contribution in [0.15, 0.2) is 55.1 Å².